The molecule has 0 bridgehead atoms. The fraction of sp³-hybridized carbons (Fsp3) is 0.667. The van der Waals surface area contributed by atoms with E-state index in [1.54, 1.807) is 6.92 Å². The molecule has 0 saturated heterocycles. The van der Waals surface area contributed by atoms with Crippen molar-refractivity contribution in [1.29, 1.82) is 0 Å². The summed E-state index contributed by atoms with van der Waals surface area (Å²) < 4.78 is 10.1. The van der Waals surface area contributed by atoms with Crippen LogP contribution in [0.4, 0.5) is 0 Å². The van der Waals surface area contributed by atoms with Crippen molar-refractivity contribution in [3.63, 3.8) is 0 Å². The zero-order valence-corrected chi connectivity index (χ0v) is 15.2. The van der Waals surface area contributed by atoms with E-state index in [1.807, 2.05) is 0 Å². The molecule has 0 aromatic rings. The third-order valence-corrected chi connectivity index (χ3v) is 4.76. The van der Waals surface area contributed by atoms with Gasteiger partial charge in [0, 0.05) is 6.61 Å². The fourth-order valence-electron chi connectivity index (χ4n) is 3.49. The van der Waals surface area contributed by atoms with E-state index in [-0.39, 0.29) is 31.6 Å². The lowest BCUT2D eigenvalue weighted by Crippen LogP contribution is -2.55. The smallest absolute Gasteiger partial charge is 0.318 e. The molecule has 0 aromatic heterocycles. The quantitative estimate of drug-likeness (QED) is 0.257. The number of aliphatic carboxylic acids is 2. The van der Waals surface area contributed by atoms with E-state index >= 15 is 0 Å². The van der Waals surface area contributed by atoms with Gasteiger partial charge in [-0.05, 0) is 32.3 Å². The SMILES string of the molecule is C=C(C)C(=O)C(C(=O)OCCOCC)C1(C(=O)O)CCCCC1C(=O)O. The zero-order valence-electron chi connectivity index (χ0n) is 15.2. The van der Waals surface area contributed by atoms with Gasteiger partial charge in [-0.15, -0.1) is 0 Å². The monoisotopic (exact) mass is 370 g/mol. The van der Waals surface area contributed by atoms with Crippen LogP contribution in [0.25, 0.3) is 0 Å². The summed E-state index contributed by atoms with van der Waals surface area (Å²) in [6, 6.07) is 0. The van der Waals surface area contributed by atoms with E-state index < -0.39 is 40.9 Å². The number of ether oxygens (including phenoxy) is 2. The highest BCUT2D eigenvalue weighted by Crippen LogP contribution is 2.49. The number of rotatable bonds is 10. The number of hydrogen-bond donors (Lipinski definition) is 2. The third kappa shape index (κ3) is 4.49. The van der Waals surface area contributed by atoms with Crippen molar-refractivity contribution in [1.82, 2.24) is 0 Å². The van der Waals surface area contributed by atoms with Crippen LogP contribution in [0.5, 0.6) is 0 Å². The Kier molecular flexibility index (Phi) is 7.95. The van der Waals surface area contributed by atoms with Crippen LogP contribution in [0.2, 0.25) is 0 Å². The molecule has 3 unspecified atom stereocenters. The van der Waals surface area contributed by atoms with Gasteiger partial charge in [0.2, 0.25) is 0 Å². The molecule has 0 heterocycles. The van der Waals surface area contributed by atoms with E-state index in [0.29, 0.717) is 19.4 Å². The highest BCUT2D eigenvalue weighted by molar-refractivity contribution is 6.11. The Morgan fingerprint density at radius 3 is 2.35 bits per heavy atom. The summed E-state index contributed by atoms with van der Waals surface area (Å²) in [5.41, 5.74) is -2.07. The van der Waals surface area contributed by atoms with E-state index in [1.165, 1.54) is 6.92 Å². The molecule has 146 valence electrons. The van der Waals surface area contributed by atoms with E-state index in [2.05, 4.69) is 6.58 Å². The Bertz CT molecular complexity index is 582. The Labute approximate surface area is 152 Å². The summed E-state index contributed by atoms with van der Waals surface area (Å²) in [5, 5.41) is 19.4. The molecule has 0 aliphatic heterocycles. The first-order valence-corrected chi connectivity index (χ1v) is 8.60. The predicted molar refractivity (Wildman–Crippen MR) is 90.4 cm³/mol. The van der Waals surface area contributed by atoms with Gasteiger partial charge in [0.25, 0.3) is 0 Å². The Morgan fingerprint density at radius 2 is 1.85 bits per heavy atom. The number of allylic oxidation sites excluding steroid dienone is 1. The van der Waals surface area contributed by atoms with Gasteiger partial charge in [-0.3, -0.25) is 19.2 Å². The largest absolute Gasteiger partial charge is 0.481 e. The highest BCUT2D eigenvalue weighted by atomic mass is 16.6. The van der Waals surface area contributed by atoms with Gasteiger partial charge >= 0.3 is 17.9 Å². The normalized spacial score (nSPS) is 23.7. The molecule has 3 atom stereocenters. The second-order valence-electron chi connectivity index (χ2n) is 6.42. The summed E-state index contributed by atoms with van der Waals surface area (Å²) in [6.07, 6.45) is 0.902. The van der Waals surface area contributed by atoms with Crippen LogP contribution in [0, 0.1) is 17.3 Å². The molecule has 0 radical (unpaired) electrons. The van der Waals surface area contributed by atoms with Gasteiger partial charge < -0.3 is 19.7 Å². The van der Waals surface area contributed by atoms with Crippen LogP contribution in [0.3, 0.4) is 0 Å². The molecule has 0 aromatic carbocycles. The third-order valence-electron chi connectivity index (χ3n) is 4.76. The number of carboxylic acids is 2. The van der Waals surface area contributed by atoms with Crippen molar-refractivity contribution in [2.75, 3.05) is 19.8 Å². The van der Waals surface area contributed by atoms with Gasteiger partial charge in [-0.2, -0.15) is 0 Å². The molecule has 1 aliphatic rings. The number of carbonyl (C=O) groups excluding carboxylic acids is 2. The summed E-state index contributed by atoms with van der Waals surface area (Å²) in [4.78, 5) is 49.2. The van der Waals surface area contributed by atoms with Crippen LogP contribution in [-0.2, 0) is 28.7 Å². The van der Waals surface area contributed by atoms with Gasteiger partial charge in [0.1, 0.15) is 17.9 Å². The second kappa shape index (κ2) is 9.47. The van der Waals surface area contributed by atoms with Crippen molar-refractivity contribution < 1.29 is 38.9 Å². The number of Topliss-reactive ketones (excluding diaryl/α,β-unsaturated/α-hetero) is 1. The topological polar surface area (TPSA) is 127 Å². The summed E-state index contributed by atoms with van der Waals surface area (Å²) in [6.45, 7) is 6.97. The zero-order chi connectivity index (χ0) is 19.9. The lowest BCUT2D eigenvalue weighted by molar-refractivity contribution is -0.181. The van der Waals surface area contributed by atoms with Gasteiger partial charge in [0.15, 0.2) is 5.78 Å². The molecule has 1 saturated carbocycles. The van der Waals surface area contributed by atoms with E-state index in [0.717, 1.165) is 0 Å². The second-order valence-corrected chi connectivity index (χ2v) is 6.42. The standard InChI is InChI=1S/C18H26O8/c1-4-25-9-10-26-16(22)13(14(19)11(2)3)18(17(23)24)8-6-5-7-12(18)15(20)21/h12-13H,2,4-10H2,1,3H3,(H,20,21)(H,23,24). The average Bonchev–Trinajstić information content (AvgIpc) is 2.58. The summed E-state index contributed by atoms with van der Waals surface area (Å²) in [7, 11) is 0. The minimum absolute atomic E-state index is 0.0212. The lowest BCUT2D eigenvalue weighted by Gasteiger charge is -2.42. The van der Waals surface area contributed by atoms with Gasteiger partial charge in [0.05, 0.1) is 12.5 Å². The minimum Gasteiger partial charge on any atom is -0.481 e. The molecule has 1 fully saturated rings. The molecule has 1 rings (SSSR count). The number of carbonyl (C=O) groups is 4. The summed E-state index contributed by atoms with van der Waals surface area (Å²) >= 11 is 0. The first kappa shape index (κ1) is 21.8. The van der Waals surface area contributed by atoms with Crippen molar-refractivity contribution in [3.05, 3.63) is 12.2 Å². The number of hydrogen-bond acceptors (Lipinski definition) is 6. The van der Waals surface area contributed by atoms with Crippen LogP contribution in [0.1, 0.15) is 39.5 Å². The molecule has 2 N–H and O–H groups in total. The lowest BCUT2D eigenvalue weighted by atomic mass is 9.58. The van der Waals surface area contributed by atoms with E-state index in [4.69, 9.17) is 9.47 Å². The molecule has 0 spiro atoms. The summed E-state index contributed by atoms with van der Waals surface area (Å²) in [5.74, 6) is -7.78. The Morgan fingerprint density at radius 1 is 1.19 bits per heavy atom. The highest BCUT2D eigenvalue weighted by Gasteiger charge is 2.61. The molecular weight excluding hydrogens is 344 g/mol. The number of carboxylic acid groups (broad SMARTS) is 2. The van der Waals surface area contributed by atoms with Crippen molar-refractivity contribution in [2.24, 2.45) is 17.3 Å². The van der Waals surface area contributed by atoms with Crippen LogP contribution in [0.15, 0.2) is 12.2 Å². The molecule has 8 heteroatoms. The molecule has 26 heavy (non-hydrogen) atoms. The number of ketones is 1. The first-order chi connectivity index (χ1) is 12.2. The van der Waals surface area contributed by atoms with E-state index in [9.17, 15) is 29.4 Å². The van der Waals surface area contributed by atoms with Crippen LogP contribution >= 0.6 is 0 Å². The van der Waals surface area contributed by atoms with Crippen molar-refractivity contribution >= 4 is 23.7 Å². The van der Waals surface area contributed by atoms with Gasteiger partial charge in [-0.1, -0.05) is 19.4 Å². The average molecular weight is 370 g/mol. The maximum Gasteiger partial charge on any atom is 0.318 e. The van der Waals surface area contributed by atoms with Crippen molar-refractivity contribution in [2.45, 2.75) is 39.5 Å². The fourth-order valence-corrected chi connectivity index (χ4v) is 3.49. The predicted octanol–water partition coefficient (Wildman–Crippen LogP) is 1.67. The first-order valence-electron chi connectivity index (χ1n) is 8.60. The van der Waals surface area contributed by atoms with Crippen LogP contribution in [-0.4, -0.2) is 53.7 Å². The Balaban J connectivity index is 3.32. The molecule has 0 amide bonds. The maximum absolute atomic E-state index is 12.7. The minimum atomic E-state index is -2.05. The molecular formula is C18H26O8. The van der Waals surface area contributed by atoms with Crippen molar-refractivity contribution in [3.8, 4) is 0 Å². The van der Waals surface area contributed by atoms with Gasteiger partial charge in [-0.25, -0.2) is 0 Å². The Hall–Kier alpha value is -2.22. The molecule has 1 aliphatic carbocycles. The van der Waals surface area contributed by atoms with Crippen LogP contribution < -0.4 is 0 Å². The number of esters is 1. The molecule has 8 nitrogen and oxygen atoms in total. The maximum atomic E-state index is 12.7.